The Bertz CT molecular complexity index is 424. The summed E-state index contributed by atoms with van der Waals surface area (Å²) in [4.78, 5) is 0. The van der Waals surface area contributed by atoms with Gasteiger partial charge < -0.3 is 10.8 Å². The summed E-state index contributed by atoms with van der Waals surface area (Å²) >= 11 is 12.2. The molecule has 2 nitrogen and oxygen atoms in total. The van der Waals surface area contributed by atoms with Crippen LogP contribution in [0.5, 0.6) is 0 Å². The van der Waals surface area contributed by atoms with E-state index in [1.54, 1.807) is 12.1 Å². The zero-order valence-corrected chi connectivity index (χ0v) is 11.8. The summed E-state index contributed by atoms with van der Waals surface area (Å²) in [6.45, 7) is 0.483. The van der Waals surface area contributed by atoms with Gasteiger partial charge >= 0.3 is 0 Å². The predicted molar refractivity (Wildman–Crippen MR) is 76.1 cm³/mol. The van der Waals surface area contributed by atoms with Crippen molar-refractivity contribution in [3.63, 3.8) is 0 Å². The Morgan fingerprint density at radius 2 is 2.11 bits per heavy atom. The van der Waals surface area contributed by atoms with E-state index in [-0.39, 0.29) is 11.5 Å². The van der Waals surface area contributed by atoms with Crippen molar-refractivity contribution in [3.8, 4) is 0 Å². The van der Waals surface area contributed by atoms with Crippen molar-refractivity contribution in [3.05, 3.63) is 33.8 Å². The normalized spacial score (nSPS) is 28.3. The van der Waals surface area contributed by atoms with Gasteiger partial charge in [-0.05, 0) is 43.0 Å². The molecule has 1 aliphatic rings. The first-order valence-corrected chi connectivity index (χ1v) is 7.15. The van der Waals surface area contributed by atoms with E-state index in [0.29, 0.717) is 23.0 Å². The summed E-state index contributed by atoms with van der Waals surface area (Å²) < 4.78 is 0. The molecule has 0 aliphatic heterocycles. The first-order chi connectivity index (χ1) is 8.57. The summed E-state index contributed by atoms with van der Waals surface area (Å²) in [5.41, 5.74) is 6.67. The number of hydrogen-bond acceptors (Lipinski definition) is 2. The molecule has 0 radical (unpaired) electrons. The predicted octanol–water partition coefficient (Wildman–Crippen LogP) is 3.42. The third-order valence-corrected chi connectivity index (χ3v) is 4.67. The van der Waals surface area contributed by atoms with Crippen LogP contribution in [0.25, 0.3) is 0 Å². The summed E-state index contributed by atoms with van der Waals surface area (Å²) in [7, 11) is 0. The van der Waals surface area contributed by atoms with Crippen LogP contribution in [0.4, 0.5) is 0 Å². The second kappa shape index (κ2) is 5.79. The maximum absolute atomic E-state index is 10.3. The van der Waals surface area contributed by atoms with Crippen molar-refractivity contribution in [1.82, 2.24) is 0 Å². The van der Waals surface area contributed by atoms with Gasteiger partial charge in [0.1, 0.15) is 0 Å². The number of aliphatic hydroxyl groups is 1. The van der Waals surface area contributed by atoms with Crippen molar-refractivity contribution in [2.45, 2.75) is 38.2 Å². The fourth-order valence-corrected chi connectivity index (χ4v) is 3.24. The molecule has 0 aromatic heterocycles. The lowest BCUT2D eigenvalue weighted by molar-refractivity contribution is -0.00583. The van der Waals surface area contributed by atoms with E-state index in [4.69, 9.17) is 28.9 Å². The number of halogens is 2. The molecule has 0 amide bonds. The Morgan fingerprint density at radius 3 is 2.78 bits per heavy atom. The fraction of sp³-hybridized carbons (Fsp3) is 0.571. The van der Waals surface area contributed by atoms with Crippen LogP contribution in [0.2, 0.25) is 10.0 Å². The van der Waals surface area contributed by atoms with Crippen LogP contribution in [0, 0.1) is 5.41 Å². The van der Waals surface area contributed by atoms with E-state index in [1.165, 1.54) is 0 Å². The van der Waals surface area contributed by atoms with Crippen molar-refractivity contribution < 1.29 is 5.11 Å². The highest BCUT2D eigenvalue weighted by Gasteiger charge is 2.39. The zero-order chi connectivity index (χ0) is 13.2. The minimum Gasteiger partial charge on any atom is -0.392 e. The largest absolute Gasteiger partial charge is 0.392 e. The van der Waals surface area contributed by atoms with E-state index < -0.39 is 0 Å². The average Bonchev–Trinajstić information content (AvgIpc) is 2.37. The first-order valence-electron chi connectivity index (χ1n) is 6.39. The number of aliphatic hydroxyl groups excluding tert-OH is 1. The van der Waals surface area contributed by atoms with Gasteiger partial charge in [0.15, 0.2) is 0 Å². The number of nitrogens with two attached hydrogens (primary N) is 1. The van der Waals surface area contributed by atoms with E-state index in [0.717, 1.165) is 31.2 Å². The maximum Gasteiger partial charge on any atom is 0.0611 e. The van der Waals surface area contributed by atoms with Crippen molar-refractivity contribution in [2.75, 3.05) is 6.54 Å². The van der Waals surface area contributed by atoms with Crippen molar-refractivity contribution in [1.29, 1.82) is 0 Å². The summed E-state index contributed by atoms with van der Waals surface area (Å²) in [6, 6.07) is 5.46. The smallest absolute Gasteiger partial charge is 0.0611 e. The summed E-state index contributed by atoms with van der Waals surface area (Å²) in [6.07, 6.45) is 4.33. The van der Waals surface area contributed by atoms with Gasteiger partial charge in [0.25, 0.3) is 0 Å². The van der Waals surface area contributed by atoms with Gasteiger partial charge in [-0.25, -0.2) is 0 Å². The molecule has 4 heteroatoms. The molecule has 0 saturated heterocycles. The Kier molecular flexibility index (Phi) is 4.54. The fourth-order valence-electron chi connectivity index (χ4n) is 2.86. The second-order valence-electron chi connectivity index (χ2n) is 5.24. The molecule has 1 fully saturated rings. The molecule has 1 aromatic rings. The lowest BCUT2D eigenvalue weighted by Gasteiger charge is -2.41. The molecular formula is C14H19Cl2NO. The Labute approximate surface area is 118 Å². The standard InChI is InChI=1S/C14H19Cl2NO/c15-11-4-5-12(16)10(7-11)8-14(9-17)6-2-1-3-13(14)18/h4-5,7,13,18H,1-3,6,8-9,17H2. The monoisotopic (exact) mass is 287 g/mol. The van der Waals surface area contributed by atoms with Gasteiger partial charge in [0.05, 0.1) is 6.10 Å². The highest BCUT2D eigenvalue weighted by Crippen LogP contribution is 2.40. The number of rotatable bonds is 3. The minimum absolute atomic E-state index is 0.243. The molecule has 0 bridgehead atoms. The van der Waals surface area contributed by atoms with Gasteiger partial charge in [-0.15, -0.1) is 0 Å². The third-order valence-electron chi connectivity index (χ3n) is 4.07. The molecule has 0 heterocycles. The lowest BCUT2D eigenvalue weighted by Crippen LogP contribution is -2.45. The van der Waals surface area contributed by atoms with Crippen LogP contribution in [-0.2, 0) is 6.42 Å². The maximum atomic E-state index is 10.3. The molecular weight excluding hydrogens is 269 g/mol. The van der Waals surface area contributed by atoms with Crippen LogP contribution in [-0.4, -0.2) is 17.8 Å². The van der Waals surface area contributed by atoms with E-state index in [9.17, 15) is 5.11 Å². The van der Waals surface area contributed by atoms with Crippen LogP contribution >= 0.6 is 23.2 Å². The zero-order valence-electron chi connectivity index (χ0n) is 10.3. The topological polar surface area (TPSA) is 46.2 Å². The molecule has 0 spiro atoms. The van der Waals surface area contributed by atoms with Crippen LogP contribution in [0.3, 0.4) is 0 Å². The van der Waals surface area contributed by atoms with Gasteiger partial charge in [-0.1, -0.05) is 36.0 Å². The Hall–Kier alpha value is -0.280. The van der Waals surface area contributed by atoms with Gasteiger partial charge in [0.2, 0.25) is 0 Å². The molecule has 18 heavy (non-hydrogen) atoms. The SMILES string of the molecule is NCC1(Cc2cc(Cl)ccc2Cl)CCCCC1O. The number of benzene rings is 1. The third kappa shape index (κ3) is 2.83. The van der Waals surface area contributed by atoms with E-state index in [2.05, 4.69) is 0 Å². The van der Waals surface area contributed by atoms with E-state index in [1.807, 2.05) is 6.07 Å². The lowest BCUT2D eigenvalue weighted by atomic mass is 9.68. The highest BCUT2D eigenvalue weighted by atomic mass is 35.5. The Balaban J connectivity index is 2.26. The molecule has 1 aliphatic carbocycles. The van der Waals surface area contributed by atoms with Crippen LogP contribution < -0.4 is 5.73 Å². The van der Waals surface area contributed by atoms with Gasteiger partial charge in [0, 0.05) is 22.0 Å². The second-order valence-corrected chi connectivity index (χ2v) is 6.08. The van der Waals surface area contributed by atoms with Crippen molar-refractivity contribution in [2.24, 2.45) is 11.1 Å². The van der Waals surface area contributed by atoms with Crippen molar-refractivity contribution >= 4 is 23.2 Å². The van der Waals surface area contributed by atoms with E-state index >= 15 is 0 Å². The summed E-state index contributed by atoms with van der Waals surface area (Å²) in [5.74, 6) is 0. The van der Waals surface area contributed by atoms with Crippen LogP contribution in [0.15, 0.2) is 18.2 Å². The average molecular weight is 288 g/mol. The molecule has 3 N–H and O–H groups in total. The molecule has 1 saturated carbocycles. The first kappa shape index (κ1) is 14.1. The molecule has 2 atom stereocenters. The van der Waals surface area contributed by atoms with Crippen LogP contribution in [0.1, 0.15) is 31.2 Å². The summed E-state index contributed by atoms with van der Waals surface area (Å²) in [5, 5.41) is 11.7. The quantitative estimate of drug-likeness (QED) is 0.895. The molecule has 2 unspecified atom stereocenters. The minimum atomic E-state index is -0.341. The highest BCUT2D eigenvalue weighted by molar-refractivity contribution is 6.33. The molecule has 2 rings (SSSR count). The van der Waals surface area contributed by atoms with Gasteiger partial charge in [-0.3, -0.25) is 0 Å². The molecule has 100 valence electrons. The Morgan fingerprint density at radius 1 is 1.33 bits per heavy atom. The number of hydrogen-bond donors (Lipinski definition) is 2. The van der Waals surface area contributed by atoms with Gasteiger partial charge in [-0.2, -0.15) is 0 Å². The molecule has 1 aromatic carbocycles.